The van der Waals surface area contributed by atoms with Gasteiger partial charge in [0.25, 0.3) is 0 Å². The molecule has 2 rings (SSSR count). The average Bonchev–Trinajstić information content (AvgIpc) is 2.92. The third kappa shape index (κ3) is 4.93. The van der Waals surface area contributed by atoms with Gasteiger partial charge in [-0.15, -0.1) is 0 Å². The Kier molecular flexibility index (Phi) is 5.44. The fourth-order valence-corrected chi connectivity index (χ4v) is 2.18. The standard InChI is InChI=1S/C15H16ClF2NO2/c1-10(4-6-12-3-2-8-20-12)19-11-5-7-14(13(16)9-11)21-15(17)18/h2-3,5,7-10,15,19H,4,6H2,1H3. The molecule has 0 amide bonds. The van der Waals surface area contributed by atoms with Crippen molar-refractivity contribution >= 4 is 17.3 Å². The number of benzene rings is 1. The number of nitrogens with one attached hydrogen (secondary N) is 1. The smallest absolute Gasteiger partial charge is 0.387 e. The highest BCUT2D eigenvalue weighted by atomic mass is 35.5. The molecule has 3 nitrogen and oxygen atoms in total. The summed E-state index contributed by atoms with van der Waals surface area (Å²) in [6.45, 7) is -0.853. The van der Waals surface area contributed by atoms with E-state index in [1.54, 1.807) is 18.4 Å². The van der Waals surface area contributed by atoms with Crippen molar-refractivity contribution in [1.82, 2.24) is 0 Å². The molecule has 1 aromatic heterocycles. The van der Waals surface area contributed by atoms with Gasteiger partial charge in [0.2, 0.25) is 0 Å². The van der Waals surface area contributed by atoms with Crippen LogP contribution in [-0.2, 0) is 6.42 Å². The number of furan rings is 1. The van der Waals surface area contributed by atoms with Crippen LogP contribution in [0.2, 0.25) is 5.02 Å². The second-order valence-electron chi connectivity index (χ2n) is 4.69. The molecule has 1 heterocycles. The Morgan fingerprint density at radius 2 is 2.14 bits per heavy atom. The summed E-state index contributed by atoms with van der Waals surface area (Å²) in [7, 11) is 0. The number of aryl methyl sites for hydroxylation is 1. The third-order valence-corrected chi connectivity index (χ3v) is 3.26. The maximum atomic E-state index is 12.1. The number of hydrogen-bond acceptors (Lipinski definition) is 3. The minimum atomic E-state index is -2.88. The van der Waals surface area contributed by atoms with Crippen LogP contribution in [0, 0.1) is 0 Å². The van der Waals surface area contributed by atoms with Gasteiger partial charge in [0.05, 0.1) is 11.3 Å². The van der Waals surface area contributed by atoms with Crippen LogP contribution in [-0.4, -0.2) is 12.7 Å². The first-order valence-corrected chi connectivity index (χ1v) is 6.95. The molecular formula is C15H16ClF2NO2. The monoisotopic (exact) mass is 315 g/mol. The molecule has 1 N–H and O–H groups in total. The van der Waals surface area contributed by atoms with Crippen molar-refractivity contribution in [3.8, 4) is 5.75 Å². The zero-order valence-corrected chi connectivity index (χ0v) is 12.2. The molecule has 6 heteroatoms. The second-order valence-corrected chi connectivity index (χ2v) is 5.09. The molecule has 114 valence electrons. The zero-order valence-electron chi connectivity index (χ0n) is 11.5. The molecule has 1 atom stereocenters. The van der Waals surface area contributed by atoms with E-state index in [-0.39, 0.29) is 16.8 Å². The van der Waals surface area contributed by atoms with Crippen molar-refractivity contribution in [3.63, 3.8) is 0 Å². The summed E-state index contributed by atoms with van der Waals surface area (Å²) in [5.74, 6) is 0.905. The van der Waals surface area contributed by atoms with Gasteiger partial charge in [0.15, 0.2) is 0 Å². The first-order chi connectivity index (χ1) is 10.0. The van der Waals surface area contributed by atoms with Crippen molar-refractivity contribution in [2.45, 2.75) is 32.4 Å². The van der Waals surface area contributed by atoms with E-state index in [0.29, 0.717) is 0 Å². The molecule has 1 unspecified atom stereocenters. The molecule has 0 fully saturated rings. The maximum absolute atomic E-state index is 12.1. The van der Waals surface area contributed by atoms with Crippen LogP contribution >= 0.6 is 11.6 Å². The molecule has 0 bridgehead atoms. The lowest BCUT2D eigenvalue weighted by atomic mass is 10.1. The van der Waals surface area contributed by atoms with Crippen LogP contribution in [0.5, 0.6) is 5.75 Å². The summed E-state index contributed by atoms with van der Waals surface area (Å²) in [6.07, 6.45) is 3.34. The van der Waals surface area contributed by atoms with Gasteiger partial charge >= 0.3 is 6.61 Å². The van der Waals surface area contributed by atoms with E-state index < -0.39 is 6.61 Å². The fourth-order valence-electron chi connectivity index (χ4n) is 1.95. The molecule has 0 saturated heterocycles. The maximum Gasteiger partial charge on any atom is 0.387 e. The first-order valence-electron chi connectivity index (χ1n) is 6.58. The number of hydrogen-bond donors (Lipinski definition) is 1. The van der Waals surface area contributed by atoms with Crippen molar-refractivity contribution in [2.24, 2.45) is 0 Å². The average molecular weight is 316 g/mol. The SMILES string of the molecule is CC(CCc1ccco1)Nc1ccc(OC(F)F)c(Cl)c1. The first kappa shape index (κ1) is 15.6. The van der Waals surface area contributed by atoms with Crippen LogP contribution in [0.3, 0.4) is 0 Å². The van der Waals surface area contributed by atoms with E-state index in [1.807, 2.05) is 19.1 Å². The summed E-state index contributed by atoms with van der Waals surface area (Å²) in [5, 5.41) is 3.41. The van der Waals surface area contributed by atoms with Gasteiger partial charge in [-0.25, -0.2) is 0 Å². The highest BCUT2D eigenvalue weighted by Crippen LogP contribution is 2.29. The molecule has 0 spiro atoms. The summed E-state index contributed by atoms with van der Waals surface area (Å²) in [4.78, 5) is 0. The number of halogens is 3. The Morgan fingerprint density at radius 3 is 2.76 bits per heavy atom. The summed E-state index contributed by atoms with van der Waals surface area (Å²) in [5.41, 5.74) is 0.758. The molecule has 2 aromatic rings. The Morgan fingerprint density at radius 1 is 1.33 bits per heavy atom. The Labute approximate surface area is 126 Å². The van der Waals surface area contributed by atoms with Crippen molar-refractivity contribution in [3.05, 3.63) is 47.4 Å². The largest absolute Gasteiger partial charge is 0.469 e. The highest BCUT2D eigenvalue weighted by Gasteiger charge is 2.10. The van der Waals surface area contributed by atoms with Gasteiger partial charge in [0, 0.05) is 18.2 Å². The van der Waals surface area contributed by atoms with Gasteiger partial charge < -0.3 is 14.5 Å². The van der Waals surface area contributed by atoms with E-state index in [0.717, 1.165) is 24.3 Å². The summed E-state index contributed by atoms with van der Waals surface area (Å²) >= 11 is 5.90. The number of anilines is 1. The molecule has 0 saturated carbocycles. The lowest BCUT2D eigenvalue weighted by Crippen LogP contribution is -2.16. The number of rotatable bonds is 7. The summed E-state index contributed by atoms with van der Waals surface area (Å²) in [6, 6.07) is 8.63. The van der Waals surface area contributed by atoms with Gasteiger partial charge in [-0.3, -0.25) is 0 Å². The lowest BCUT2D eigenvalue weighted by Gasteiger charge is -2.16. The van der Waals surface area contributed by atoms with E-state index in [1.165, 1.54) is 6.07 Å². The van der Waals surface area contributed by atoms with Crippen LogP contribution in [0.4, 0.5) is 14.5 Å². The normalized spacial score (nSPS) is 12.4. The van der Waals surface area contributed by atoms with E-state index in [4.69, 9.17) is 16.0 Å². The minimum absolute atomic E-state index is 0.0274. The highest BCUT2D eigenvalue weighted by molar-refractivity contribution is 6.32. The Bertz CT molecular complexity index is 561. The van der Waals surface area contributed by atoms with Crippen LogP contribution in [0.25, 0.3) is 0 Å². The van der Waals surface area contributed by atoms with Crippen molar-refractivity contribution in [1.29, 1.82) is 0 Å². The summed E-state index contributed by atoms with van der Waals surface area (Å²) < 4.78 is 33.8. The predicted molar refractivity (Wildman–Crippen MR) is 78.2 cm³/mol. The Balaban J connectivity index is 1.88. The van der Waals surface area contributed by atoms with Crippen LogP contribution in [0.15, 0.2) is 41.0 Å². The molecule has 0 aliphatic rings. The van der Waals surface area contributed by atoms with Crippen LogP contribution < -0.4 is 10.1 Å². The van der Waals surface area contributed by atoms with Gasteiger partial charge in [-0.1, -0.05) is 11.6 Å². The fraction of sp³-hybridized carbons (Fsp3) is 0.333. The molecule has 0 radical (unpaired) electrons. The molecule has 1 aromatic carbocycles. The Hall–Kier alpha value is -1.75. The number of ether oxygens (including phenoxy) is 1. The lowest BCUT2D eigenvalue weighted by molar-refractivity contribution is -0.0497. The van der Waals surface area contributed by atoms with Crippen molar-refractivity contribution < 1.29 is 17.9 Å². The number of alkyl halides is 2. The quantitative estimate of drug-likeness (QED) is 0.783. The topological polar surface area (TPSA) is 34.4 Å². The third-order valence-electron chi connectivity index (χ3n) is 2.96. The predicted octanol–water partition coefficient (Wildman–Crippen LogP) is 4.97. The van der Waals surface area contributed by atoms with E-state index in [9.17, 15) is 8.78 Å². The van der Waals surface area contributed by atoms with Crippen molar-refractivity contribution in [2.75, 3.05) is 5.32 Å². The van der Waals surface area contributed by atoms with Gasteiger partial charge in [-0.05, 0) is 43.7 Å². The molecular weight excluding hydrogens is 300 g/mol. The minimum Gasteiger partial charge on any atom is -0.469 e. The molecule has 21 heavy (non-hydrogen) atoms. The zero-order chi connectivity index (χ0) is 15.2. The second kappa shape index (κ2) is 7.31. The van der Waals surface area contributed by atoms with Crippen LogP contribution in [0.1, 0.15) is 19.1 Å². The molecule has 0 aliphatic heterocycles. The van der Waals surface area contributed by atoms with E-state index >= 15 is 0 Å². The molecule has 0 aliphatic carbocycles. The van der Waals surface area contributed by atoms with E-state index in [2.05, 4.69) is 10.1 Å². The van der Waals surface area contributed by atoms with Gasteiger partial charge in [-0.2, -0.15) is 8.78 Å². The van der Waals surface area contributed by atoms with Gasteiger partial charge in [0.1, 0.15) is 11.5 Å².